The van der Waals surface area contributed by atoms with Gasteiger partial charge in [-0.1, -0.05) is 72.3 Å². The van der Waals surface area contributed by atoms with Crippen LogP contribution < -0.4 is 5.32 Å². The molecule has 0 aliphatic heterocycles. The van der Waals surface area contributed by atoms with Crippen molar-refractivity contribution in [3.05, 3.63) is 71.8 Å². The highest BCUT2D eigenvalue weighted by Crippen LogP contribution is 2.10. The highest BCUT2D eigenvalue weighted by Gasteiger charge is 2.19. The van der Waals surface area contributed by atoms with E-state index < -0.39 is 17.7 Å². The minimum atomic E-state index is -0.887. The number of carbonyl (C=O) groups is 1. The number of aryl methyl sites for hydroxylation is 1. The Hall–Kier alpha value is -2.04. The molecule has 5 heteroatoms. The smallest absolute Gasteiger partial charge is 0.408 e. The van der Waals surface area contributed by atoms with Gasteiger partial charge in [-0.05, 0) is 24.0 Å². The number of hydrogen-bond donors (Lipinski definition) is 2. The van der Waals surface area contributed by atoms with E-state index >= 15 is 0 Å². The molecular formula is C18H20ClNO3. The first-order valence-corrected chi connectivity index (χ1v) is 7.92. The van der Waals surface area contributed by atoms with Gasteiger partial charge in [0.05, 0.1) is 6.10 Å². The van der Waals surface area contributed by atoms with E-state index in [-0.39, 0.29) is 6.61 Å². The number of aliphatic hydroxyl groups excluding tert-OH is 1. The van der Waals surface area contributed by atoms with Crippen molar-refractivity contribution in [1.82, 2.24) is 5.32 Å². The van der Waals surface area contributed by atoms with Crippen molar-refractivity contribution in [1.29, 1.82) is 0 Å². The zero-order valence-corrected chi connectivity index (χ0v) is 13.4. The van der Waals surface area contributed by atoms with Gasteiger partial charge in [0.15, 0.2) is 0 Å². The van der Waals surface area contributed by atoms with E-state index in [9.17, 15) is 9.90 Å². The van der Waals surface area contributed by atoms with Gasteiger partial charge in [-0.15, -0.1) is 0 Å². The molecule has 0 aromatic heterocycles. The largest absolute Gasteiger partial charge is 0.445 e. The van der Waals surface area contributed by atoms with Crippen LogP contribution in [0.4, 0.5) is 4.79 Å². The molecule has 0 aliphatic carbocycles. The van der Waals surface area contributed by atoms with Gasteiger partial charge in [-0.2, -0.15) is 0 Å². The Kier molecular flexibility index (Phi) is 6.91. The highest BCUT2D eigenvalue weighted by atomic mass is 35.5. The molecule has 1 amide bonds. The van der Waals surface area contributed by atoms with Gasteiger partial charge in [0.25, 0.3) is 0 Å². The first-order valence-electron chi connectivity index (χ1n) is 7.48. The van der Waals surface area contributed by atoms with Crippen molar-refractivity contribution < 1.29 is 14.6 Å². The summed E-state index contributed by atoms with van der Waals surface area (Å²) in [6, 6.07) is 19.1. The predicted octanol–water partition coefficient (Wildman–Crippen LogP) is 3.47. The Morgan fingerprint density at radius 1 is 1.04 bits per heavy atom. The summed E-state index contributed by atoms with van der Waals surface area (Å²) in [6.45, 7) is 0.163. The Balaban J connectivity index is 1.70. The van der Waals surface area contributed by atoms with Gasteiger partial charge in [-0.25, -0.2) is 4.79 Å². The number of carbonyl (C=O) groups excluding carboxylic acids is 1. The number of aliphatic hydroxyl groups is 1. The predicted molar refractivity (Wildman–Crippen MR) is 90.2 cm³/mol. The van der Waals surface area contributed by atoms with Crippen molar-refractivity contribution >= 4 is 17.7 Å². The van der Waals surface area contributed by atoms with Crippen LogP contribution in [0.1, 0.15) is 17.5 Å². The number of halogens is 1. The summed E-state index contributed by atoms with van der Waals surface area (Å²) in [5.74, 6) is 0. The average Bonchev–Trinajstić information content (AvgIpc) is 2.59. The summed E-state index contributed by atoms with van der Waals surface area (Å²) in [7, 11) is 0. The first kappa shape index (κ1) is 17.3. The summed E-state index contributed by atoms with van der Waals surface area (Å²) in [5, 5.41) is 12.5. The number of amides is 1. The van der Waals surface area contributed by atoms with Crippen LogP contribution in [0.25, 0.3) is 0 Å². The fraction of sp³-hybridized carbons (Fsp3) is 0.278. The van der Waals surface area contributed by atoms with Crippen molar-refractivity contribution in [2.45, 2.75) is 31.1 Å². The molecule has 0 aliphatic rings. The number of rotatable bonds is 7. The normalized spacial score (nSPS) is 13.1. The van der Waals surface area contributed by atoms with Gasteiger partial charge in [0.2, 0.25) is 0 Å². The van der Waals surface area contributed by atoms with Crippen molar-refractivity contribution in [3.63, 3.8) is 0 Å². The van der Waals surface area contributed by atoms with E-state index in [2.05, 4.69) is 5.32 Å². The SMILES string of the molecule is O=C(NC(Cl)C(O)CCc1ccccc1)OCc1ccccc1. The molecule has 2 aromatic carbocycles. The maximum atomic E-state index is 11.7. The summed E-state index contributed by atoms with van der Waals surface area (Å²) in [6.07, 6.45) is -0.350. The first-order chi connectivity index (χ1) is 11.1. The van der Waals surface area contributed by atoms with Gasteiger partial charge < -0.3 is 15.2 Å². The molecule has 0 bridgehead atoms. The van der Waals surface area contributed by atoms with E-state index in [1.807, 2.05) is 60.7 Å². The molecule has 0 spiro atoms. The third kappa shape index (κ3) is 6.30. The Morgan fingerprint density at radius 2 is 1.61 bits per heavy atom. The number of alkyl halides is 1. The molecule has 0 heterocycles. The minimum absolute atomic E-state index is 0.163. The molecule has 0 saturated heterocycles. The van der Waals surface area contributed by atoms with Crippen LogP contribution in [0, 0.1) is 0 Å². The zero-order chi connectivity index (χ0) is 16.5. The highest BCUT2D eigenvalue weighted by molar-refractivity contribution is 6.21. The maximum absolute atomic E-state index is 11.7. The Morgan fingerprint density at radius 3 is 2.22 bits per heavy atom. The van der Waals surface area contributed by atoms with E-state index in [1.54, 1.807) is 0 Å². The van der Waals surface area contributed by atoms with Gasteiger partial charge in [-0.3, -0.25) is 0 Å². The number of alkyl carbamates (subject to hydrolysis) is 1. The van der Waals surface area contributed by atoms with E-state index in [0.29, 0.717) is 12.8 Å². The lowest BCUT2D eigenvalue weighted by molar-refractivity contribution is 0.116. The number of hydrogen-bond acceptors (Lipinski definition) is 3. The van der Waals surface area contributed by atoms with Crippen molar-refractivity contribution in [2.24, 2.45) is 0 Å². The van der Waals surface area contributed by atoms with Gasteiger partial charge >= 0.3 is 6.09 Å². The molecule has 4 nitrogen and oxygen atoms in total. The molecule has 0 radical (unpaired) electrons. The maximum Gasteiger partial charge on any atom is 0.408 e. The monoisotopic (exact) mass is 333 g/mol. The second kappa shape index (κ2) is 9.18. The molecule has 2 rings (SSSR count). The molecule has 23 heavy (non-hydrogen) atoms. The Labute approximate surface area is 141 Å². The van der Waals surface area contributed by atoms with E-state index in [0.717, 1.165) is 11.1 Å². The fourth-order valence-electron chi connectivity index (χ4n) is 2.08. The van der Waals surface area contributed by atoms with Crippen LogP contribution in [0.15, 0.2) is 60.7 Å². The van der Waals surface area contributed by atoms with E-state index in [4.69, 9.17) is 16.3 Å². The lowest BCUT2D eigenvalue weighted by atomic mass is 10.1. The van der Waals surface area contributed by atoms with Gasteiger partial charge in [0, 0.05) is 0 Å². The third-order valence-corrected chi connectivity index (χ3v) is 3.78. The van der Waals surface area contributed by atoms with Crippen LogP contribution in [-0.4, -0.2) is 22.8 Å². The molecular weight excluding hydrogens is 314 g/mol. The number of nitrogens with one attached hydrogen (secondary N) is 1. The quantitative estimate of drug-likeness (QED) is 0.602. The molecule has 2 aromatic rings. The molecule has 2 unspecified atom stereocenters. The molecule has 122 valence electrons. The minimum Gasteiger partial charge on any atom is -0.445 e. The molecule has 2 atom stereocenters. The fourth-order valence-corrected chi connectivity index (χ4v) is 2.29. The standard InChI is InChI=1S/C18H20ClNO3/c19-17(16(21)12-11-14-7-3-1-4-8-14)20-18(22)23-13-15-9-5-2-6-10-15/h1-10,16-17,21H,11-13H2,(H,20,22). The van der Waals surface area contributed by atoms with Crippen LogP contribution in [0.5, 0.6) is 0 Å². The average molecular weight is 334 g/mol. The van der Waals surface area contributed by atoms with Crippen molar-refractivity contribution in [2.75, 3.05) is 0 Å². The summed E-state index contributed by atoms with van der Waals surface area (Å²) in [5.41, 5.74) is 1.11. The summed E-state index contributed by atoms with van der Waals surface area (Å²) in [4.78, 5) is 11.7. The van der Waals surface area contributed by atoms with Crippen LogP contribution in [0.2, 0.25) is 0 Å². The summed E-state index contributed by atoms with van der Waals surface area (Å²) < 4.78 is 5.07. The van der Waals surface area contributed by atoms with Crippen LogP contribution in [0.3, 0.4) is 0 Å². The van der Waals surface area contributed by atoms with Crippen LogP contribution >= 0.6 is 11.6 Å². The second-order valence-corrected chi connectivity index (χ2v) is 5.67. The lowest BCUT2D eigenvalue weighted by Gasteiger charge is -2.18. The molecule has 0 fully saturated rings. The van der Waals surface area contributed by atoms with Crippen LogP contribution in [-0.2, 0) is 17.8 Å². The zero-order valence-electron chi connectivity index (χ0n) is 12.7. The molecule has 2 N–H and O–H groups in total. The number of benzene rings is 2. The number of ether oxygens (including phenoxy) is 1. The Bertz CT molecular complexity index is 592. The van der Waals surface area contributed by atoms with Crippen molar-refractivity contribution in [3.8, 4) is 0 Å². The molecule has 0 saturated carbocycles. The lowest BCUT2D eigenvalue weighted by Crippen LogP contribution is -2.39. The summed E-state index contributed by atoms with van der Waals surface area (Å²) >= 11 is 6.01. The van der Waals surface area contributed by atoms with E-state index in [1.165, 1.54) is 0 Å². The van der Waals surface area contributed by atoms with Gasteiger partial charge in [0.1, 0.15) is 12.1 Å². The second-order valence-electron chi connectivity index (χ2n) is 5.20. The third-order valence-electron chi connectivity index (χ3n) is 3.38. The topological polar surface area (TPSA) is 58.6 Å².